The van der Waals surface area contributed by atoms with Crippen LogP contribution >= 0.6 is 0 Å². The van der Waals surface area contributed by atoms with Crippen molar-refractivity contribution in [2.75, 3.05) is 18.0 Å². The average Bonchev–Trinajstić information content (AvgIpc) is 2.54. The Morgan fingerprint density at radius 1 is 0.857 bits per heavy atom. The van der Waals surface area contributed by atoms with Crippen molar-refractivity contribution in [2.45, 2.75) is 79.6 Å². The molecule has 1 heteroatoms. The smallest absolute Gasteiger partial charge is 0.0401 e. The summed E-state index contributed by atoms with van der Waals surface area (Å²) in [4.78, 5) is 2.58. The van der Waals surface area contributed by atoms with Gasteiger partial charge in [0.05, 0.1) is 0 Å². The van der Waals surface area contributed by atoms with Crippen LogP contribution in [-0.4, -0.2) is 13.1 Å². The van der Waals surface area contributed by atoms with Gasteiger partial charge in [0.25, 0.3) is 0 Å². The number of benzene rings is 1. The molecule has 0 saturated carbocycles. The number of fused-ring (bicyclic) bond motifs is 1. The van der Waals surface area contributed by atoms with Crippen LogP contribution in [0.4, 0.5) is 5.69 Å². The van der Waals surface area contributed by atoms with Gasteiger partial charge in [0, 0.05) is 18.8 Å². The third kappa shape index (κ3) is 5.05. The molecule has 120 valence electrons. The fourth-order valence-corrected chi connectivity index (χ4v) is 2.96. The Hall–Kier alpha value is -0.980. The first-order valence-corrected chi connectivity index (χ1v) is 9.11. The quantitative estimate of drug-likeness (QED) is 0.664. The van der Waals surface area contributed by atoms with E-state index in [-0.39, 0.29) is 0 Å². The second kappa shape index (κ2) is 9.87. The second-order valence-electron chi connectivity index (χ2n) is 6.05. The molecule has 0 bridgehead atoms. The van der Waals surface area contributed by atoms with Crippen molar-refractivity contribution in [1.29, 1.82) is 0 Å². The van der Waals surface area contributed by atoms with E-state index in [4.69, 9.17) is 0 Å². The zero-order chi connectivity index (χ0) is 15.7. The maximum absolute atomic E-state index is 2.58. The maximum atomic E-state index is 2.58. The molecule has 1 aliphatic rings. The van der Waals surface area contributed by atoms with Gasteiger partial charge in [0.1, 0.15) is 0 Å². The first kappa shape index (κ1) is 18.1. The van der Waals surface area contributed by atoms with Crippen LogP contribution in [-0.2, 0) is 19.3 Å². The maximum Gasteiger partial charge on any atom is 0.0401 e. The molecule has 0 atom stereocenters. The Bertz CT molecular complexity index is 407. The van der Waals surface area contributed by atoms with Crippen molar-refractivity contribution in [3.8, 4) is 0 Å². The van der Waals surface area contributed by atoms with Crippen molar-refractivity contribution < 1.29 is 0 Å². The molecule has 0 spiro atoms. The van der Waals surface area contributed by atoms with E-state index in [1.165, 1.54) is 57.3 Å². The monoisotopic (exact) mass is 289 g/mol. The first-order chi connectivity index (χ1) is 10.2. The van der Waals surface area contributed by atoms with E-state index in [1.54, 1.807) is 16.7 Å². The number of anilines is 1. The summed E-state index contributed by atoms with van der Waals surface area (Å²) in [5.74, 6) is 0. The lowest BCUT2D eigenvalue weighted by molar-refractivity contribution is 0.679. The molecule has 21 heavy (non-hydrogen) atoms. The molecule has 1 heterocycles. The van der Waals surface area contributed by atoms with Gasteiger partial charge in [-0.2, -0.15) is 0 Å². The van der Waals surface area contributed by atoms with Crippen LogP contribution in [0.3, 0.4) is 0 Å². The zero-order valence-electron chi connectivity index (χ0n) is 15.0. The van der Waals surface area contributed by atoms with Crippen LogP contribution in [0, 0.1) is 0 Å². The number of rotatable bonds is 5. The SMILES string of the molecule is CCCC.CCCN1CCCc2cc(CC)c(CC)cc21. The van der Waals surface area contributed by atoms with Crippen molar-refractivity contribution in [3.63, 3.8) is 0 Å². The molecule has 1 aliphatic heterocycles. The van der Waals surface area contributed by atoms with Crippen molar-refractivity contribution in [3.05, 3.63) is 28.8 Å². The summed E-state index contributed by atoms with van der Waals surface area (Å²) in [6.45, 7) is 13.6. The predicted octanol–water partition coefficient (Wildman–Crippen LogP) is 5.78. The average molecular weight is 290 g/mol. The molecular weight excluding hydrogens is 254 g/mol. The molecule has 0 aliphatic carbocycles. The fourth-order valence-electron chi connectivity index (χ4n) is 2.96. The Morgan fingerprint density at radius 3 is 2.00 bits per heavy atom. The molecule has 1 aromatic carbocycles. The van der Waals surface area contributed by atoms with Crippen LogP contribution in [0.1, 0.15) is 77.0 Å². The number of aryl methyl sites for hydroxylation is 3. The minimum atomic E-state index is 1.16. The molecule has 0 aromatic heterocycles. The van der Waals surface area contributed by atoms with Gasteiger partial charge in [0.15, 0.2) is 0 Å². The lowest BCUT2D eigenvalue weighted by atomic mass is 9.93. The highest BCUT2D eigenvalue weighted by Gasteiger charge is 2.17. The van der Waals surface area contributed by atoms with E-state index in [2.05, 4.69) is 51.7 Å². The number of nitrogens with zero attached hydrogens (tertiary/aromatic N) is 1. The van der Waals surface area contributed by atoms with Crippen molar-refractivity contribution >= 4 is 5.69 Å². The van der Waals surface area contributed by atoms with Gasteiger partial charge >= 0.3 is 0 Å². The van der Waals surface area contributed by atoms with E-state index in [0.29, 0.717) is 0 Å². The lowest BCUT2D eigenvalue weighted by Crippen LogP contribution is -2.30. The van der Waals surface area contributed by atoms with Gasteiger partial charge in [-0.05, 0) is 54.9 Å². The second-order valence-corrected chi connectivity index (χ2v) is 6.05. The van der Waals surface area contributed by atoms with Gasteiger partial charge in [-0.15, -0.1) is 0 Å². The molecule has 0 radical (unpaired) electrons. The summed E-state index contributed by atoms with van der Waals surface area (Å²) in [6.07, 6.45) is 8.81. The largest absolute Gasteiger partial charge is 0.371 e. The third-order valence-electron chi connectivity index (χ3n) is 4.37. The molecule has 0 unspecified atom stereocenters. The minimum Gasteiger partial charge on any atom is -0.371 e. The molecule has 0 N–H and O–H groups in total. The van der Waals surface area contributed by atoms with E-state index in [1.807, 2.05) is 0 Å². The predicted molar refractivity (Wildman–Crippen MR) is 96.6 cm³/mol. The zero-order valence-corrected chi connectivity index (χ0v) is 15.0. The highest BCUT2D eigenvalue weighted by atomic mass is 15.1. The van der Waals surface area contributed by atoms with E-state index >= 15 is 0 Å². The van der Waals surface area contributed by atoms with E-state index in [0.717, 1.165) is 6.42 Å². The fraction of sp³-hybridized carbons (Fsp3) is 0.700. The Labute approximate surface area is 132 Å². The molecule has 2 rings (SSSR count). The summed E-state index contributed by atoms with van der Waals surface area (Å²) in [7, 11) is 0. The first-order valence-electron chi connectivity index (χ1n) is 9.11. The topological polar surface area (TPSA) is 3.24 Å². The lowest BCUT2D eigenvalue weighted by Gasteiger charge is -2.32. The van der Waals surface area contributed by atoms with Crippen LogP contribution < -0.4 is 4.90 Å². The highest BCUT2D eigenvalue weighted by Crippen LogP contribution is 2.31. The Kier molecular flexibility index (Phi) is 8.49. The van der Waals surface area contributed by atoms with E-state index in [9.17, 15) is 0 Å². The normalized spacial score (nSPS) is 13.5. The number of hydrogen-bond acceptors (Lipinski definition) is 1. The van der Waals surface area contributed by atoms with Gasteiger partial charge in [-0.25, -0.2) is 0 Å². The standard InChI is InChI=1S/C16H25N.C4H10/c1-4-9-17-10-7-8-15-11-13(5-2)14(6-3)12-16(15)17;1-3-4-2/h11-12H,4-10H2,1-3H3;3-4H2,1-2H3. The van der Waals surface area contributed by atoms with Crippen LogP contribution in [0.25, 0.3) is 0 Å². The summed E-state index contributed by atoms with van der Waals surface area (Å²) in [5, 5.41) is 0. The van der Waals surface area contributed by atoms with Gasteiger partial charge in [-0.3, -0.25) is 0 Å². The van der Waals surface area contributed by atoms with Gasteiger partial charge < -0.3 is 4.90 Å². The third-order valence-corrected chi connectivity index (χ3v) is 4.37. The molecular formula is C20H35N. The molecule has 0 fully saturated rings. The minimum absolute atomic E-state index is 1.16. The summed E-state index contributed by atoms with van der Waals surface area (Å²) in [6, 6.07) is 4.93. The van der Waals surface area contributed by atoms with Crippen LogP contribution in [0.15, 0.2) is 12.1 Å². The summed E-state index contributed by atoms with van der Waals surface area (Å²) < 4.78 is 0. The molecule has 0 saturated heterocycles. The summed E-state index contributed by atoms with van der Waals surface area (Å²) >= 11 is 0. The summed E-state index contributed by atoms with van der Waals surface area (Å²) in [5.41, 5.74) is 6.21. The van der Waals surface area contributed by atoms with E-state index < -0.39 is 0 Å². The number of hydrogen-bond donors (Lipinski definition) is 0. The Balaban J connectivity index is 0.000000491. The molecule has 0 amide bonds. The van der Waals surface area contributed by atoms with Crippen molar-refractivity contribution in [2.24, 2.45) is 0 Å². The highest BCUT2D eigenvalue weighted by molar-refractivity contribution is 5.59. The molecule has 1 nitrogen and oxygen atoms in total. The van der Waals surface area contributed by atoms with Gasteiger partial charge in [-0.1, -0.05) is 53.5 Å². The molecule has 1 aromatic rings. The van der Waals surface area contributed by atoms with Crippen molar-refractivity contribution in [1.82, 2.24) is 0 Å². The van der Waals surface area contributed by atoms with Gasteiger partial charge in [0.2, 0.25) is 0 Å². The van der Waals surface area contributed by atoms with Crippen LogP contribution in [0.2, 0.25) is 0 Å². The number of unbranched alkanes of at least 4 members (excludes halogenated alkanes) is 1. The van der Waals surface area contributed by atoms with Crippen LogP contribution in [0.5, 0.6) is 0 Å². The Morgan fingerprint density at radius 2 is 1.48 bits per heavy atom.